The first-order valence-corrected chi connectivity index (χ1v) is 7.54. The van der Waals surface area contributed by atoms with Gasteiger partial charge in [-0.3, -0.25) is 0 Å². The summed E-state index contributed by atoms with van der Waals surface area (Å²) in [4.78, 5) is 13.4. The predicted octanol–water partition coefficient (Wildman–Crippen LogP) is 3.64. The van der Waals surface area contributed by atoms with E-state index in [0.717, 1.165) is 4.88 Å². The van der Waals surface area contributed by atoms with E-state index in [0.29, 0.717) is 12.1 Å². The van der Waals surface area contributed by atoms with E-state index in [1.54, 1.807) is 17.4 Å². The Bertz CT molecular complexity index is 469. The molecule has 0 saturated carbocycles. The summed E-state index contributed by atoms with van der Waals surface area (Å²) in [6.07, 6.45) is 3.66. The standard InChI is InChI=1S/C16H23NO2S/c1-6-9-17-12(2)14(11-13-8-7-10-20-13)15(18)19-16(3,4)5/h6-8,10-12,17H,1,9H2,2-5H3/b14-11-. The van der Waals surface area contributed by atoms with E-state index in [1.807, 2.05) is 51.3 Å². The van der Waals surface area contributed by atoms with Gasteiger partial charge in [0.05, 0.1) is 5.57 Å². The zero-order chi connectivity index (χ0) is 15.2. The molecule has 0 radical (unpaired) electrons. The largest absolute Gasteiger partial charge is 0.457 e. The number of hydrogen-bond donors (Lipinski definition) is 1. The van der Waals surface area contributed by atoms with Crippen molar-refractivity contribution in [1.29, 1.82) is 0 Å². The molecule has 0 bridgehead atoms. The molecule has 1 rings (SSSR count). The van der Waals surface area contributed by atoms with Gasteiger partial charge in [-0.25, -0.2) is 4.79 Å². The van der Waals surface area contributed by atoms with Gasteiger partial charge in [0.25, 0.3) is 0 Å². The molecule has 0 aliphatic heterocycles. The predicted molar refractivity (Wildman–Crippen MR) is 85.8 cm³/mol. The molecule has 1 atom stereocenters. The average Bonchev–Trinajstić information content (AvgIpc) is 2.83. The number of rotatable bonds is 6. The fourth-order valence-corrected chi connectivity index (χ4v) is 2.26. The highest BCUT2D eigenvalue weighted by Gasteiger charge is 2.23. The molecule has 110 valence electrons. The van der Waals surface area contributed by atoms with E-state index >= 15 is 0 Å². The van der Waals surface area contributed by atoms with Crippen LogP contribution >= 0.6 is 11.3 Å². The summed E-state index contributed by atoms with van der Waals surface area (Å²) in [5.41, 5.74) is 0.133. The molecule has 0 aliphatic rings. The highest BCUT2D eigenvalue weighted by molar-refractivity contribution is 7.10. The maximum absolute atomic E-state index is 12.3. The van der Waals surface area contributed by atoms with Gasteiger partial charge in [-0.15, -0.1) is 17.9 Å². The van der Waals surface area contributed by atoms with Crippen molar-refractivity contribution < 1.29 is 9.53 Å². The van der Waals surface area contributed by atoms with E-state index in [1.165, 1.54) is 0 Å². The van der Waals surface area contributed by atoms with Gasteiger partial charge in [0.15, 0.2) is 0 Å². The molecule has 0 amide bonds. The Morgan fingerprint density at radius 1 is 1.55 bits per heavy atom. The lowest BCUT2D eigenvalue weighted by Gasteiger charge is -2.23. The second kappa shape index (κ2) is 7.41. The second-order valence-electron chi connectivity index (χ2n) is 5.54. The van der Waals surface area contributed by atoms with Crippen LogP contribution in [0.1, 0.15) is 32.6 Å². The SMILES string of the molecule is C=CCNC(C)/C(=C/c1cccs1)C(=O)OC(C)(C)C. The summed E-state index contributed by atoms with van der Waals surface area (Å²) in [7, 11) is 0. The smallest absolute Gasteiger partial charge is 0.336 e. The van der Waals surface area contributed by atoms with Gasteiger partial charge >= 0.3 is 5.97 Å². The van der Waals surface area contributed by atoms with Gasteiger partial charge in [-0.05, 0) is 45.2 Å². The monoisotopic (exact) mass is 293 g/mol. The van der Waals surface area contributed by atoms with Crippen molar-refractivity contribution in [2.45, 2.75) is 39.3 Å². The van der Waals surface area contributed by atoms with E-state index in [2.05, 4.69) is 11.9 Å². The Kier molecular flexibility index (Phi) is 6.17. The molecule has 1 N–H and O–H groups in total. The van der Waals surface area contributed by atoms with E-state index in [-0.39, 0.29) is 12.0 Å². The lowest BCUT2D eigenvalue weighted by atomic mass is 10.1. The van der Waals surface area contributed by atoms with Crippen LogP contribution in [0.2, 0.25) is 0 Å². The molecule has 0 aromatic carbocycles. The van der Waals surface area contributed by atoms with Crippen molar-refractivity contribution in [2.75, 3.05) is 6.54 Å². The molecule has 1 aromatic heterocycles. The Morgan fingerprint density at radius 3 is 2.75 bits per heavy atom. The minimum Gasteiger partial charge on any atom is -0.457 e. The van der Waals surface area contributed by atoms with E-state index in [9.17, 15) is 4.79 Å². The summed E-state index contributed by atoms with van der Waals surface area (Å²) in [5.74, 6) is -0.282. The average molecular weight is 293 g/mol. The lowest BCUT2D eigenvalue weighted by Crippen LogP contribution is -2.34. The van der Waals surface area contributed by atoms with Crippen LogP contribution in [-0.4, -0.2) is 24.2 Å². The summed E-state index contributed by atoms with van der Waals surface area (Å²) >= 11 is 1.60. The maximum atomic E-state index is 12.3. The molecule has 1 heterocycles. The van der Waals surface area contributed by atoms with E-state index in [4.69, 9.17) is 4.74 Å². The Hall–Kier alpha value is -1.39. The van der Waals surface area contributed by atoms with Crippen LogP contribution < -0.4 is 5.32 Å². The van der Waals surface area contributed by atoms with Crippen molar-refractivity contribution in [2.24, 2.45) is 0 Å². The fourth-order valence-electron chi connectivity index (χ4n) is 1.59. The van der Waals surface area contributed by atoms with Crippen LogP contribution in [0.4, 0.5) is 0 Å². The van der Waals surface area contributed by atoms with Crippen molar-refractivity contribution in [1.82, 2.24) is 5.32 Å². The first-order chi connectivity index (χ1) is 9.33. The fraction of sp³-hybridized carbons (Fsp3) is 0.438. The van der Waals surface area contributed by atoms with Crippen LogP contribution in [0.3, 0.4) is 0 Å². The number of carbonyl (C=O) groups is 1. The van der Waals surface area contributed by atoms with Crippen molar-refractivity contribution in [3.05, 3.63) is 40.6 Å². The number of hydrogen-bond acceptors (Lipinski definition) is 4. The zero-order valence-corrected chi connectivity index (χ0v) is 13.4. The quantitative estimate of drug-likeness (QED) is 0.494. The van der Waals surface area contributed by atoms with Crippen molar-refractivity contribution in [3.63, 3.8) is 0 Å². The van der Waals surface area contributed by atoms with E-state index < -0.39 is 5.60 Å². The molecule has 0 fully saturated rings. The molecule has 1 aromatic rings. The van der Waals surface area contributed by atoms with Gasteiger partial charge in [0.1, 0.15) is 5.60 Å². The molecule has 20 heavy (non-hydrogen) atoms. The first-order valence-electron chi connectivity index (χ1n) is 6.66. The summed E-state index contributed by atoms with van der Waals surface area (Å²) in [6, 6.07) is 3.85. The maximum Gasteiger partial charge on any atom is 0.336 e. The molecule has 3 nitrogen and oxygen atoms in total. The van der Waals surface area contributed by atoms with Crippen LogP contribution in [0.15, 0.2) is 35.7 Å². The molecular weight excluding hydrogens is 270 g/mol. The summed E-state index contributed by atoms with van der Waals surface area (Å²) in [6.45, 7) is 11.9. The van der Waals surface area contributed by atoms with Crippen LogP contribution in [0, 0.1) is 0 Å². The van der Waals surface area contributed by atoms with Gasteiger partial charge in [0.2, 0.25) is 0 Å². The first kappa shape index (κ1) is 16.7. The molecule has 4 heteroatoms. The number of esters is 1. The van der Waals surface area contributed by atoms with Gasteiger partial charge in [-0.1, -0.05) is 12.1 Å². The topological polar surface area (TPSA) is 38.3 Å². The van der Waals surface area contributed by atoms with Crippen LogP contribution in [-0.2, 0) is 9.53 Å². The lowest BCUT2D eigenvalue weighted by molar-refractivity contribution is -0.150. The Balaban J connectivity index is 2.95. The minimum absolute atomic E-state index is 0.0926. The number of nitrogens with one attached hydrogen (secondary N) is 1. The number of ether oxygens (including phenoxy) is 1. The molecule has 0 aliphatic carbocycles. The minimum atomic E-state index is -0.496. The third kappa shape index (κ3) is 5.72. The van der Waals surface area contributed by atoms with Crippen molar-refractivity contribution >= 4 is 23.4 Å². The van der Waals surface area contributed by atoms with Gasteiger partial charge in [-0.2, -0.15) is 0 Å². The van der Waals surface area contributed by atoms with Crippen LogP contribution in [0.25, 0.3) is 6.08 Å². The molecule has 0 saturated heterocycles. The van der Waals surface area contributed by atoms with Gasteiger partial charge < -0.3 is 10.1 Å². The number of thiophene rings is 1. The second-order valence-corrected chi connectivity index (χ2v) is 6.51. The summed E-state index contributed by atoms with van der Waals surface area (Å²) in [5, 5.41) is 5.22. The highest BCUT2D eigenvalue weighted by atomic mass is 32.1. The Morgan fingerprint density at radius 2 is 2.25 bits per heavy atom. The molecule has 0 spiro atoms. The third-order valence-corrected chi connectivity index (χ3v) is 3.33. The third-order valence-electron chi connectivity index (χ3n) is 2.51. The zero-order valence-electron chi connectivity index (χ0n) is 12.6. The Labute approximate surface area is 125 Å². The van der Waals surface area contributed by atoms with Crippen LogP contribution in [0.5, 0.6) is 0 Å². The summed E-state index contributed by atoms with van der Waals surface area (Å²) < 4.78 is 5.48. The van der Waals surface area contributed by atoms with Gasteiger partial charge in [0, 0.05) is 17.5 Å². The van der Waals surface area contributed by atoms with Crippen molar-refractivity contribution in [3.8, 4) is 0 Å². The normalized spacial score (nSPS) is 13.9. The highest BCUT2D eigenvalue weighted by Crippen LogP contribution is 2.19. The molecule has 1 unspecified atom stereocenters. The molecular formula is C16H23NO2S. The number of carbonyl (C=O) groups excluding carboxylic acids is 1.